The molecule has 0 spiro atoms. The van der Waals surface area contributed by atoms with Gasteiger partial charge >= 0.3 is 0 Å². The van der Waals surface area contributed by atoms with Crippen LogP contribution in [0, 0.1) is 31.6 Å². The van der Waals surface area contributed by atoms with Gasteiger partial charge in [0.25, 0.3) is 0 Å². The van der Waals surface area contributed by atoms with E-state index in [9.17, 15) is 0 Å². The lowest BCUT2D eigenvalue weighted by Gasteiger charge is -2.40. The topological polar surface area (TPSA) is 16.1 Å². The zero-order valence-corrected chi connectivity index (χ0v) is 17.4. The number of hydrogen-bond acceptors (Lipinski definition) is 2. The van der Waals surface area contributed by atoms with Crippen LogP contribution in [-0.2, 0) is 0 Å². The summed E-state index contributed by atoms with van der Waals surface area (Å²) in [6.45, 7) is 20.7. The fourth-order valence-corrected chi connectivity index (χ4v) is 3.94. The zero-order chi connectivity index (χ0) is 18.3. The molecule has 2 rings (SSSR count). The molecule has 2 nitrogen and oxygen atoms in total. The van der Waals surface area contributed by atoms with Crippen LogP contribution in [0.2, 0.25) is 0 Å². The van der Waals surface area contributed by atoms with E-state index in [0.29, 0.717) is 29.7 Å². The Hall–Kier alpha value is -1.31. The summed E-state index contributed by atoms with van der Waals surface area (Å²) in [5, 5.41) is 0. The molecule has 0 N–H and O–H groups in total. The maximum absolute atomic E-state index is 5.03. The molecule has 1 aliphatic rings. The molecule has 0 aliphatic carbocycles. The monoisotopic (exact) mass is 328 g/mol. The minimum atomic E-state index is 0.427. The molecule has 2 heteroatoms. The van der Waals surface area contributed by atoms with E-state index in [2.05, 4.69) is 80.3 Å². The van der Waals surface area contributed by atoms with Gasteiger partial charge in [-0.25, -0.2) is 0 Å². The first kappa shape index (κ1) is 19.0. The summed E-state index contributed by atoms with van der Waals surface area (Å²) < 4.78 is 0. The first-order valence-corrected chi connectivity index (χ1v) is 9.53. The van der Waals surface area contributed by atoms with Crippen LogP contribution in [0.25, 0.3) is 5.57 Å². The van der Waals surface area contributed by atoms with Crippen molar-refractivity contribution in [2.75, 3.05) is 11.9 Å². The first-order valence-electron chi connectivity index (χ1n) is 9.53. The van der Waals surface area contributed by atoms with E-state index in [1.165, 1.54) is 33.8 Å². The van der Waals surface area contributed by atoms with E-state index in [4.69, 9.17) is 4.98 Å². The second kappa shape index (κ2) is 6.90. The smallest absolute Gasteiger partial charge is 0.0528 e. The number of fused-ring (bicyclic) bond motifs is 1. The number of allylic oxidation sites excluding steroid dienone is 2. The Labute approximate surface area is 149 Å². The van der Waals surface area contributed by atoms with Crippen LogP contribution >= 0.6 is 0 Å². The summed E-state index contributed by atoms with van der Waals surface area (Å²) >= 11 is 0. The van der Waals surface area contributed by atoms with Crippen molar-refractivity contribution in [3.05, 3.63) is 28.6 Å². The summed E-state index contributed by atoms with van der Waals surface area (Å²) in [6, 6.07) is 0.504. The lowest BCUT2D eigenvalue weighted by Crippen LogP contribution is -2.39. The van der Waals surface area contributed by atoms with E-state index in [-0.39, 0.29) is 0 Å². The first-order chi connectivity index (χ1) is 11.1. The van der Waals surface area contributed by atoms with E-state index in [1.807, 2.05) is 0 Å². The van der Waals surface area contributed by atoms with Gasteiger partial charge in [-0.15, -0.1) is 0 Å². The van der Waals surface area contributed by atoms with Gasteiger partial charge in [-0.3, -0.25) is 4.98 Å². The third kappa shape index (κ3) is 3.12. The molecule has 0 aromatic carbocycles. The van der Waals surface area contributed by atoms with Crippen LogP contribution < -0.4 is 4.90 Å². The Balaban J connectivity index is 2.93. The largest absolute Gasteiger partial charge is 0.371 e. The standard InChI is InChI=1S/C22H36N2/c1-12(2)19-11-14(5)15(6)18(9)24(10)22-16(7)17(8)23-21(13(3)4)20(19)22/h11-15,18H,1-10H3/b19-11-/t14-,15-,18-/m1/s1. The second-order valence-corrected chi connectivity index (χ2v) is 8.43. The van der Waals surface area contributed by atoms with E-state index < -0.39 is 0 Å². The third-order valence-corrected chi connectivity index (χ3v) is 6.13. The summed E-state index contributed by atoms with van der Waals surface area (Å²) in [4.78, 5) is 7.54. The van der Waals surface area contributed by atoms with Gasteiger partial charge in [-0.2, -0.15) is 0 Å². The van der Waals surface area contributed by atoms with E-state index in [0.717, 1.165) is 0 Å². The minimum absolute atomic E-state index is 0.427. The van der Waals surface area contributed by atoms with Crippen LogP contribution in [0.5, 0.6) is 0 Å². The lowest BCUT2D eigenvalue weighted by molar-refractivity contribution is 0.380. The number of hydrogen-bond donors (Lipinski definition) is 0. The molecule has 3 atom stereocenters. The molecule has 24 heavy (non-hydrogen) atoms. The molecule has 2 heterocycles. The molecule has 0 bridgehead atoms. The van der Waals surface area contributed by atoms with Gasteiger partial charge in [-0.1, -0.05) is 47.6 Å². The molecule has 1 aromatic heterocycles. The van der Waals surface area contributed by atoms with Gasteiger partial charge in [-0.05, 0) is 55.6 Å². The number of pyridine rings is 1. The molecular formula is C22H36N2. The number of anilines is 1. The van der Waals surface area contributed by atoms with Crippen LogP contribution in [0.15, 0.2) is 6.08 Å². The molecule has 0 unspecified atom stereocenters. The normalized spacial score (nSPS) is 26.9. The Bertz CT molecular complexity index is 640. The number of aryl methyl sites for hydroxylation is 1. The van der Waals surface area contributed by atoms with Gasteiger partial charge in [0.15, 0.2) is 0 Å². The third-order valence-electron chi connectivity index (χ3n) is 6.13. The molecule has 0 amide bonds. The molecule has 0 saturated heterocycles. The van der Waals surface area contributed by atoms with Crippen LogP contribution in [0.4, 0.5) is 5.69 Å². The highest BCUT2D eigenvalue weighted by Crippen LogP contribution is 2.43. The average molecular weight is 329 g/mol. The second-order valence-electron chi connectivity index (χ2n) is 8.43. The summed E-state index contributed by atoms with van der Waals surface area (Å²) in [6.07, 6.45) is 2.53. The van der Waals surface area contributed by atoms with Crippen molar-refractivity contribution in [1.82, 2.24) is 4.98 Å². The predicted molar refractivity (Wildman–Crippen MR) is 107 cm³/mol. The van der Waals surface area contributed by atoms with Gasteiger partial charge in [0, 0.05) is 24.3 Å². The summed E-state index contributed by atoms with van der Waals surface area (Å²) in [7, 11) is 2.27. The molecular weight excluding hydrogens is 292 g/mol. The van der Waals surface area contributed by atoms with Crippen molar-refractivity contribution in [1.29, 1.82) is 0 Å². The van der Waals surface area contributed by atoms with E-state index in [1.54, 1.807) is 0 Å². The van der Waals surface area contributed by atoms with Gasteiger partial charge < -0.3 is 4.90 Å². The molecule has 1 aromatic rings. The SMILES string of the molecule is Cc1nc(C(C)C)c2c(c1C)N(C)[C@H](C)[C@H](C)[C@H](C)/C=C\2C(C)C. The van der Waals surface area contributed by atoms with Gasteiger partial charge in [0.05, 0.1) is 11.4 Å². The Kier molecular flexibility index (Phi) is 5.47. The van der Waals surface area contributed by atoms with Crippen molar-refractivity contribution in [3.8, 4) is 0 Å². The highest BCUT2D eigenvalue weighted by atomic mass is 15.1. The molecule has 0 radical (unpaired) electrons. The minimum Gasteiger partial charge on any atom is -0.371 e. The fourth-order valence-electron chi connectivity index (χ4n) is 3.94. The van der Waals surface area contributed by atoms with Gasteiger partial charge in [0.1, 0.15) is 0 Å². The fraction of sp³-hybridized carbons (Fsp3) is 0.682. The van der Waals surface area contributed by atoms with Gasteiger partial charge in [0.2, 0.25) is 0 Å². The van der Waals surface area contributed by atoms with Crippen molar-refractivity contribution in [2.24, 2.45) is 17.8 Å². The van der Waals surface area contributed by atoms with Crippen LogP contribution in [0.1, 0.15) is 76.9 Å². The van der Waals surface area contributed by atoms with E-state index >= 15 is 0 Å². The Morgan fingerprint density at radius 3 is 2.08 bits per heavy atom. The molecule has 134 valence electrons. The summed E-state index contributed by atoms with van der Waals surface area (Å²) in [5.41, 5.74) is 8.03. The molecule has 0 saturated carbocycles. The number of rotatable bonds is 2. The maximum Gasteiger partial charge on any atom is 0.0528 e. The highest BCUT2D eigenvalue weighted by molar-refractivity contribution is 5.82. The van der Waals surface area contributed by atoms with Crippen LogP contribution in [0.3, 0.4) is 0 Å². The number of aromatic nitrogens is 1. The van der Waals surface area contributed by atoms with Crippen molar-refractivity contribution >= 4 is 11.3 Å². The molecule has 1 aliphatic heterocycles. The molecule has 0 fully saturated rings. The highest BCUT2D eigenvalue weighted by Gasteiger charge is 2.31. The lowest BCUT2D eigenvalue weighted by atomic mass is 9.79. The maximum atomic E-state index is 5.03. The summed E-state index contributed by atoms with van der Waals surface area (Å²) in [5.74, 6) is 2.11. The average Bonchev–Trinajstić information content (AvgIpc) is 2.51. The van der Waals surface area contributed by atoms with Crippen LogP contribution in [-0.4, -0.2) is 18.1 Å². The zero-order valence-electron chi connectivity index (χ0n) is 17.4. The van der Waals surface area contributed by atoms with Crippen molar-refractivity contribution in [2.45, 2.75) is 74.3 Å². The quantitative estimate of drug-likeness (QED) is 0.664. The number of nitrogens with zero attached hydrogens (tertiary/aromatic N) is 2. The van der Waals surface area contributed by atoms with Crippen molar-refractivity contribution in [3.63, 3.8) is 0 Å². The predicted octanol–water partition coefficient (Wildman–Crippen LogP) is 5.97. The Morgan fingerprint density at radius 2 is 1.58 bits per heavy atom. The Morgan fingerprint density at radius 1 is 1.00 bits per heavy atom. The van der Waals surface area contributed by atoms with Crippen molar-refractivity contribution < 1.29 is 0 Å².